The lowest BCUT2D eigenvalue weighted by Gasteiger charge is -2.06. The van der Waals surface area contributed by atoms with Crippen molar-refractivity contribution in [2.45, 2.75) is 25.7 Å². The Morgan fingerprint density at radius 1 is 0.952 bits per heavy atom. The van der Waals surface area contributed by atoms with Crippen molar-refractivity contribution in [3.05, 3.63) is 59.9 Å². The van der Waals surface area contributed by atoms with E-state index >= 15 is 0 Å². The van der Waals surface area contributed by atoms with Crippen LogP contribution in [0.3, 0.4) is 0 Å². The molecule has 0 saturated heterocycles. The van der Waals surface area contributed by atoms with Crippen molar-refractivity contribution in [1.29, 1.82) is 0 Å². The minimum atomic E-state index is 0.923. The van der Waals surface area contributed by atoms with Gasteiger partial charge in [0.05, 0.1) is 7.11 Å². The molecule has 0 aliphatic heterocycles. The quantitative estimate of drug-likeness (QED) is 0.718. The zero-order valence-electron chi connectivity index (χ0n) is 12.7. The van der Waals surface area contributed by atoms with Gasteiger partial charge in [-0.15, -0.1) is 0 Å². The van der Waals surface area contributed by atoms with Gasteiger partial charge in [0.25, 0.3) is 0 Å². The number of hydrogen-bond acceptors (Lipinski definition) is 3. The standard InChI is InChI=1S/C18H24N2O/c1-21-18-10-8-16(9-11-18)5-2-12-19-13-3-6-17-7-4-14-20-15-17/h4,7-11,14-15,19H,2-3,5-6,12-13H2,1H3. The second-order valence-electron chi connectivity index (χ2n) is 5.17. The molecule has 0 amide bonds. The van der Waals surface area contributed by atoms with Crippen LogP contribution in [-0.2, 0) is 12.8 Å². The average Bonchev–Trinajstić information content (AvgIpc) is 2.55. The molecule has 112 valence electrons. The summed E-state index contributed by atoms with van der Waals surface area (Å²) in [6.45, 7) is 2.14. The van der Waals surface area contributed by atoms with Gasteiger partial charge in [0.2, 0.25) is 0 Å². The van der Waals surface area contributed by atoms with Gasteiger partial charge in [0.15, 0.2) is 0 Å². The van der Waals surface area contributed by atoms with Crippen molar-refractivity contribution in [3.63, 3.8) is 0 Å². The van der Waals surface area contributed by atoms with Gasteiger partial charge >= 0.3 is 0 Å². The highest BCUT2D eigenvalue weighted by molar-refractivity contribution is 5.27. The van der Waals surface area contributed by atoms with E-state index in [1.54, 1.807) is 7.11 Å². The van der Waals surface area contributed by atoms with Crippen LogP contribution >= 0.6 is 0 Å². The molecule has 0 radical (unpaired) electrons. The summed E-state index contributed by atoms with van der Waals surface area (Å²) in [6, 6.07) is 12.5. The van der Waals surface area contributed by atoms with Crippen molar-refractivity contribution < 1.29 is 4.74 Å². The number of nitrogens with zero attached hydrogens (tertiary/aromatic N) is 1. The Bertz CT molecular complexity index is 496. The number of benzene rings is 1. The van der Waals surface area contributed by atoms with Crippen LogP contribution in [-0.4, -0.2) is 25.2 Å². The van der Waals surface area contributed by atoms with Gasteiger partial charge in [-0.25, -0.2) is 0 Å². The Balaban J connectivity index is 1.51. The first-order chi connectivity index (χ1) is 10.4. The van der Waals surface area contributed by atoms with Crippen LogP contribution in [0, 0.1) is 0 Å². The molecular formula is C18H24N2O. The third-order valence-corrected chi connectivity index (χ3v) is 3.52. The van der Waals surface area contributed by atoms with E-state index in [4.69, 9.17) is 4.74 Å². The molecule has 0 bridgehead atoms. The van der Waals surface area contributed by atoms with Crippen LogP contribution in [0.5, 0.6) is 5.75 Å². The second kappa shape index (κ2) is 9.14. The Morgan fingerprint density at radius 3 is 2.29 bits per heavy atom. The molecule has 1 aromatic heterocycles. The molecular weight excluding hydrogens is 260 g/mol. The molecule has 1 aromatic carbocycles. The van der Waals surface area contributed by atoms with E-state index < -0.39 is 0 Å². The molecule has 21 heavy (non-hydrogen) atoms. The summed E-state index contributed by atoms with van der Waals surface area (Å²) in [7, 11) is 1.70. The summed E-state index contributed by atoms with van der Waals surface area (Å²) in [5, 5.41) is 3.50. The molecule has 2 rings (SSSR count). The minimum Gasteiger partial charge on any atom is -0.497 e. The lowest BCUT2D eigenvalue weighted by Crippen LogP contribution is -2.17. The lowest BCUT2D eigenvalue weighted by atomic mass is 10.1. The summed E-state index contributed by atoms with van der Waals surface area (Å²) >= 11 is 0. The first-order valence-electron chi connectivity index (χ1n) is 7.61. The zero-order valence-corrected chi connectivity index (χ0v) is 12.7. The van der Waals surface area contributed by atoms with Gasteiger partial charge in [-0.2, -0.15) is 0 Å². The predicted molar refractivity (Wildman–Crippen MR) is 86.7 cm³/mol. The third-order valence-electron chi connectivity index (χ3n) is 3.52. The second-order valence-corrected chi connectivity index (χ2v) is 5.17. The summed E-state index contributed by atoms with van der Waals surface area (Å²) in [4.78, 5) is 4.13. The van der Waals surface area contributed by atoms with Crippen molar-refractivity contribution >= 4 is 0 Å². The largest absolute Gasteiger partial charge is 0.497 e. The third kappa shape index (κ3) is 5.96. The number of aryl methyl sites for hydroxylation is 2. The van der Waals surface area contributed by atoms with Crippen molar-refractivity contribution in [3.8, 4) is 5.75 Å². The van der Waals surface area contributed by atoms with Crippen LogP contribution < -0.4 is 10.1 Å². The van der Waals surface area contributed by atoms with E-state index in [1.165, 1.54) is 17.5 Å². The SMILES string of the molecule is COc1ccc(CCCNCCCc2cccnc2)cc1. The van der Waals surface area contributed by atoms with Crippen LogP contribution in [0.4, 0.5) is 0 Å². The van der Waals surface area contributed by atoms with Gasteiger partial charge < -0.3 is 10.1 Å². The van der Waals surface area contributed by atoms with Gasteiger partial charge in [0, 0.05) is 12.4 Å². The maximum absolute atomic E-state index is 5.16. The molecule has 1 heterocycles. The van der Waals surface area contributed by atoms with E-state index in [0.717, 1.165) is 38.1 Å². The molecule has 3 nitrogen and oxygen atoms in total. The topological polar surface area (TPSA) is 34.1 Å². The molecule has 0 aliphatic carbocycles. The maximum Gasteiger partial charge on any atom is 0.118 e. The minimum absolute atomic E-state index is 0.923. The zero-order chi connectivity index (χ0) is 14.8. The van der Waals surface area contributed by atoms with Crippen molar-refractivity contribution in [2.75, 3.05) is 20.2 Å². The fourth-order valence-corrected chi connectivity index (χ4v) is 2.30. The molecule has 0 spiro atoms. The van der Waals surface area contributed by atoms with Crippen LogP contribution in [0.15, 0.2) is 48.8 Å². The van der Waals surface area contributed by atoms with E-state index in [2.05, 4.69) is 28.5 Å². The summed E-state index contributed by atoms with van der Waals surface area (Å²) in [5.74, 6) is 0.923. The summed E-state index contributed by atoms with van der Waals surface area (Å²) < 4.78 is 5.16. The monoisotopic (exact) mass is 284 g/mol. The Hall–Kier alpha value is -1.87. The average molecular weight is 284 g/mol. The fourth-order valence-electron chi connectivity index (χ4n) is 2.30. The van der Waals surface area contributed by atoms with E-state index in [9.17, 15) is 0 Å². The molecule has 1 N–H and O–H groups in total. The molecule has 0 atom stereocenters. The summed E-state index contributed by atoms with van der Waals surface area (Å²) in [5.41, 5.74) is 2.69. The van der Waals surface area contributed by atoms with Gasteiger partial charge in [-0.1, -0.05) is 18.2 Å². The number of hydrogen-bond donors (Lipinski definition) is 1. The smallest absolute Gasteiger partial charge is 0.118 e. The number of nitrogens with one attached hydrogen (secondary N) is 1. The highest BCUT2D eigenvalue weighted by Crippen LogP contribution is 2.12. The number of pyridine rings is 1. The van der Waals surface area contributed by atoms with Gasteiger partial charge in [0.1, 0.15) is 5.75 Å². The normalized spacial score (nSPS) is 10.5. The highest BCUT2D eigenvalue weighted by Gasteiger charge is 1.96. The molecule has 2 aromatic rings. The Morgan fingerprint density at radius 2 is 1.67 bits per heavy atom. The molecule has 3 heteroatoms. The van der Waals surface area contributed by atoms with E-state index in [1.807, 2.05) is 30.6 Å². The maximum atomic E-state index is 5.16. The first-order valence-corrected chi connectivity index (χ1v) is 7.61. The number of rotatable bonds is 9. The molecule has 0 aliphatic rings. The molecule has 0 saturated carbocycles. The fraction of sp³-hybridized carbons (Fsp3) is 0.389. The predicted octanol–water partition coefficient (Wildman–Crippen LogP) is 3.25. The highest BCUT2D eigenvalue weighted by atomic mass is 16.5. The Labute approximate surface area is 127 Å². The van der Waals surface area contributed by atoms with Crippen LogP contribution in [0.25, 0.3) is 0 Å². The number of aromatic nitrogens is 1. The summed E-state index contributed by atoms with van der Waals surface area (Å²) in [6.07, 6.45) is 8.30. The molecule has 0 fully saturated rings. The lowest BCUT2D eigenvalue weighted by molar-refractivity contribution is 0.414. The van der Waals surface area contributed by atoms with E-state index in [-0.39, 0.29) is 0 Å². The van der Waals surface area contributed by atoms with Crippen molar-refractivity contribution in [2.24, 2.45) is 0 Å². The first kappa shape index (κ1) is 15.5. The van der Waals surface area contributed by atoms with E-state index in [0.29, 0.717) is 0 Å². The number of methoxy groups -OCH3 is 1. The Kier molecular flexibility index (Phi) is 6.75. The van der Waals surface area contributed by atoms with Gasteiger partial charge in [-0.3, -0.25) is 4.98 Å². The van der Waals surface area contributed by atoms with Crippen LogP contribution in [0.1, 0.15) is 24.0 Å². The number of ether oxygens (including phenoxy) is 1. The van der Waals surface area contributed by atoms with Crippen molar-refractivity contribution in [1.82, 2.24) is 10.3 Å². The van der Waals surface area contributed by atoms with Gasteiger partial charge in [-0.05, 0) is 68.1 Å². The van der Waals surface area contributed by atoms with Crippen LogP contribution in [0.2, 0.25) is 0 Å². The molecule has 0 unspecified atom stereocenters.